The van der Waals surface area contributed by atoms with Gasteiger partial charge in [-0.3, -0.25) is 9.89 Å². The minimum absolute atomic E-state index is 0. The lowest BCUT2D eigenvalue weighted by atomic mass is 10.2. The van der Waals surface area contributed by atoms with Crippen LogP contribution in [0.5, 0.6) is 5.75 Å². The number of hydrogen-bond donors (Lipinski definition) is 2. The van der Waals surface area contributed by atoms with Gasteiger partial charge < -0.3 is 20.1 Å². The van der Waals surface area contributed by atoms with E-state index >= 15 is 0 Å². The molecule has 7 heteroatoms. The van der Waals surface area contributed by atoms with Crippen molar-refractivity contribution in [2.75, 3.05) is 46.4 Å². The molecule has 0 aromatic heterocycles. The molecule has 1 aromatic rings. The van der Waals surface area contributed by atoms with Gasteiger partial charge in [0.25, 0.3) is 0 Å². The zero-order valence-corrected chi connectivity index (χ0v) is 17.1. The maximum atomic E-state index is 5.96. The summed E-state index contributed by atoms with van der Waals surface area (Å²) in [5.74, 6) is 1.68. The first-order chi connectivity index (χ1) is 11.8. The van der Waals surface area contributed by atoms with Crippen molar-refractivity contribution in [2.24, 2.45) is 4.99 Å². The number of fused-ring (bicyclic) bond motifs is 1. The largest absolute Gasteiger partial charge is 0.492 e. The van der Waals surface area contributed by atoms with Gasteiger partial charge in [-0.2, -0.15) is 0 Å². The Bertz CT molecular complexity index is 529. The van der Waals surface area contributed by atoms with Crippen molar-refractivity contribution in [1.29, 1.82) is 0 Å². The second-order valence-electron chi connectivity index (χ2n) is 6.29. The zero-order chi connectivity index (χ0) is 16.6. The molecule has 2 aliphatic rings. The van der Waals surface area contributed by atoms with Crippen LogP contribution in [-0.2, 0) is 4.74 Å². The second-order valence-corrected chi connectivity index (χ2v) is 6.29. The van der Waals surface area contributed by atoms with Crippen LogP contribution in [0.25, 0.3) is 0 Å². The SMILES string of the molecule is CN=C(NCCOc1ccccc1)NCC1CN2CCCC2CO1.I. The van der Waals surface area contributed by atoms with Crippen molar-refractivity contribution in [3.63, 3.8) is 0 Å². The summed E-state index contributed by atoms with van der Waals surface area (Å²) >= 11 is 0. The number of rotatable bonds is 6. The summed E-state index contributed by atoms with van der Waals surface area (Å²) in [4.78, 5) is 6.81. The minimum atomic E-state index is 0. The van der Waals surface area contributed by atoms with E-state index in [1.165, 1.54) is 19.4 Å². The molecule has 2 heterocycles. The van der Waals surface area contributed by atoms with E-state index < -0.39 is 0 Å². The normalized spacial score (nSPS) is 23.5. The molecule has 0 bridgehead atoms. The highest BCUT2D eigenvalue weighted by Gasteiger charge is 2.32. The Hall–Kier alpha value is -1.06. The highest BCUT2D eigenvalue weighted by atomic mass is 127. The van der Waals surface area contributed by atoms with Crippen LogP contribution in [0.4, 0.5) is 0 Å². The average molecular weight is 460 g/mol. The van der Waals surface area contributed by atoms with Gasteiger partial charge in [0.1, 0.15) is 12.4 Å². The van der Waals surface area contributed by atoms with Gasteiger partial charge in [-0.25, -0.2) is 0 Å². The highest BCUT2D eigenvalue weighted by Crippen LogP contribution is 2.22. The lowest BCUT2D eigenvalue weighted by Gasteiger charge is -2.35. The molecule has 2 unspecified atom stereocenters. The van der Waals surface area contributed by atoms with Gasteiger partial charge in [-0.05, 0) is 31.5 Å². The van der Waals surface area contributed by atoms with E-state index in [0.717, 1.165) is 31.4 Å². The number of aliphatic imine (C=N–C) groups is 1. The van der Waals surface area contributed by atoms with E-state index in [1.807, 2.05) is 30.3 Å². The molecule has 3 rings (SSSR count). The molecule has 6 nitrogen and oxygen atoms in total. The smallest absolute Gasteiger partial charge is 0.191 e. The fourth-order valence-corrected chi connectivity index (χ4v) is 3.30. The van der Waals surface area contributed by atoms with Crippen LogP contribution in [0.15, 0.2) is 35.3 Å². The van der Waals surface area contributed by atoms with E-state index in [4.69, 9.17) is 9.47 Å². The molecular formula is C18H29IN4O2. The zero-order valence-electron chi connectivity index (χ0n) is 14.8. The monoisotopic (exact) mass is 460 g/mol. The summed E-state index contributed by atoms with van der Waals surface area (Å²) in [7, 11) is 1.78. The molecule has 1 aromatic carbocycles. The van der Waals surface area contributed by atoms with E-state index in [-0.39, 0.29) is 30.1 Å². The van der Waals surface area contributed by atoms with Crippen LogP contribution in [0.2, 0.25) is 0 Å². The highest BCUT2D eigenvalue weighted by molar-refractivity contribution is 14.0. The molecule has 2 atom stereocenters. The van der Waals surface area contributed by atoms with Crippen LogP contribution in [0, 0.1) is 0 Å². The number of benzene rings is 1. The summed E-state index contributed by atoms with van der Waals surface area (Å²) in [5.41, 5.74) is 0. The summed E-state index contributed by atoms with van der Waals surface area (Å²) in [5, 5.41) is 6.62. The number of guanidine groups is 1. The first-order valence-corrected chi connectivity index (χ1v) is 8.83. The van der Waals surface area contributed by atoms with Crippen LogP contribution in [0.3, 0.4) is 0 Å². The van der Waals surface area contributed by atoms with Crippen molar-refractivity contribution >= 4 is 29.9 Å². The van der Waals surface area contributed by atoms with Gasteiger partial charge >= 0.3 is 0 Å². The third kappa shape index (κ3) is 6.31. The third-order valence-corrected chi connectivity index (χ3v) is 4.59. The van der Waals surface area contributed by atoms with Gasteiger partial charge in [0.05, 0.1) is 19.3 Å². The Morgan fingerprint density at radius 1 is 1.32 bits per heavy atom. The number of ether oxygens (including phenoxy) is 2. The Morgan fingerprint density at radius 3 is 2.96 bits per heavy atom. The quantitative estimate of drug-likeness (QED) is 0.293. The van der Waals surface area contributed by atoms with Gasteiger partial charge in [-0.15, -0.1) is 24.0 Å². The number of nitrogens with one attached hydrogen (secondary N) is 2. The number of para-hydroxylation sites is 1. The number of morpholine rings is 1. The molecule has 0 amide bonds. The fraction of sp³-hybridized carbons (Fsp3) is 0.611. The molecule has 2 N–H and O–H groups in total. The molecule has 2 fully saturated rings. The molecule has 0 saturated carbocycles. The van der Waals surface area contributed by atoms with Crippen LogP contribution in [-0.4, -0.2) is 69.4 Å². The molecule has 0 spiro atoms. The Balaban J connectivity index is 0.00000225. The number of halogens is 1. The molecule has 0 radical (unpaired) electrons. The van der Waals surface area contributed by atoms with Crippen molar-refractivity contribution in [3.05, 3.63) is 30.3 Å². The third-order valence-electron chi connectivity index (χ3n) is 4.59. The lowest BCUT2D eigenvalue weighted by Crippen LogP contribution is -2.51. The summed E-state index contributed by atoms with van der Waals surface area (Å²) in [6.07, 6.45) is 2.82. The van der Waals surface area contributed by atoms with Crippen molar-refractivity contribution < 1.29 is 9.47 Å². The molecule has 140 valence electrons. The number of hydrogen-bond acceptors (Lipinski definition) is 4. The Morgan fingerprint density at radius 2 is 2.16 bits per heavy atom. The predicted molar refractivity (Wildman–Crippen MR) is 111 cm³/mol. The number of nitrogens with zero attached hydrogens (tertiary/aromatic N) is 2. The minimum Gasteiger partial charge on any atom is -0.492 e. The van der Waals surface area contributed by atoms with Crippen LogP contribution >= 0.6 is 24.0 Å². The molecule has 0 aliphatic carbocycles. The Kier molecular flexibility index (Phi) is 8.77. The van der Waals surface area contributed by atoms with Gasteiger partial charge in [0, 0.05) is 26.2 Å². The summed E-state index contributed by atoms with van der Waals surface area (Å²) in [6, 6.07) is 10.5. The molecule has 2 saturated heterocycles. The second kappa shape index (κ2) is 10.8. The van der Waals surface area contributed by atoms with Crippen molar-refractivity contribution in [2.45, 2.75) is 25.0 Å². The first kappa shape index (κ1) is 20.3. The van der Waals surface area contributed by atoms with E-state index in [0.29, 0.717) is 19.2 Å². The standard InChI is InChI=1S/C18H28N4O2.HI/c1-19-18(20-9-11-23-16-7-3-2-4-8-16)21-12-17-13-22-10-5-6-15(22)14-24-17;/h2-4,7-8,15,17H,5-6,9-14H2,1H3,(H2,19,20,21);1H. The molecular weight excluding hydrogens is 431 g/mol. The first-order valence-electron chi connectivity index (χ1n) is 8.83. The predicted octanol–water partition coefficient (Wildman–Crippen LogP) is 1.71. The van der Waals surface area contributed by atoms with Crippen molar-refractivity contribution in [3.8, 4) is 5.75 Å². The van der Waals surface area contributed by atoms with E-state index in [2.05, 4.69) is 20.5 Å². The van der Waals surface area contributed by atoms with E-state index in [9.17, 15) is 0 Å². The maximum absolute atomic E-state index is 5.96. The Labute approximate surface area is 167 Å². The van der Waals surface area contributed by atoms with Gasteiger partial charge in [0.2, 0.25) is 0 Å². The lowest BCUT2D eigenvalue weighted by molar-refractivity contribution is -0.0453. The summed E-state index contributed by atoms with van der Waals surface area (Å²) < 4.78 is 11.6. The van der Waals surface area contributed by atoms with Gasteiger partial charge in [0.15, 0.2) is 5.96 Å². The maximum Gasteiger partial charge on any atom is 0.191 e. The van der Waals surface area contributed by atoms with Crippen LogP contribution < -0.4 is 15.4 Å². The topological polar surface area (TPSA) is 58.1 Å². The fourth-order valence-electron chi connectivity index (χ4n) is 3.30. The van der Waals surface area contributed by atoms with E-state index in [1.54, 1.807) is 7.05 Å². The molecule has 25 heavy (non-hydrogen) atoms. The molecule has 2 aliphatic heterocycles. The average Bonchev–Trinajstić information content (AvgIpc) is 3.10. The van der Waals surface area contributed by atoms with Gasteiger partial charge in [-0.1, -0.05) is 18.2 Å². The summed E-state index contributed by atoms with van der Waals surface area (Å²) in [6.45, 7) is 5.18. The van der Waals surface area contributed by atoms with Crippen LogP contribution in [0.1, 0.15) is 12.8 Å². The van der Waals surface area contributed by atoms with Crippen molar-refractivity contribution in [1.82, 2.24) is 15.5 Å².